The van der Waals surface area contributed by atoms with E-state index in [0.29, 0.717) is 6.54 Å². The van der Waals surface area contributed by atoms with Crippen LogP contribution in [-0.4, -0.2) is 22.1 Å². The van der Waals surface area contributed by atoms with Gasteiger partial charge >= 0.3 is 6.03 Å². The molecule has 2 aromatic heterocycles. The molecule has 0 saturated heterocycles. The van der Waals surface area contributed by atoms with Crippen LogP contribution in [-0.2, 0) is 13.5 Å². The fourth-order valence-corrected chi connectivity index (χ4v) is 3.95. The number of anilines is 1. The van der Waals surface area contributed by atoms with Crippen molar-refractivity contribution in [1.82, 2.24) is 14.9 Å². The molecule has 0 aliphatic heterocycles. The Balaban J connectivity index is 1.59. The van der Waals surface area contributed by atoms with E-state index in [2.05, 4.69) is 51.5 Å². The summed E-state index contributed by atoms with van der Waals surface area (Å²) >= 11 is 0. The third kappa shape index (κ3) is 4.06. The first-order valence-corrected chi connectivity index (χ1v) is 10.2. The second-order valence-corrected chi connectivity index (χ2v) is 7.40. The monoisotopic (exact) mass is 398 g/mol. The van der Waals surface area contributed by atoms with Crippen molar-refractivity contribution < 1.29 is 4.79 Å². The molecule has 4 aromatic rings. The van der Waals surface area contributed by atoms with E-state index in [-0.39, 0.29) is 11.9 Å². The Kier molecular flexibility index (Phi) is 5.80. The van der Waals surface area contributed by atoms with Crippen LogP contribution in [0.15, 0.2) is 79.3 Å². The number of fused-ring (bicyclic) bond motifs is 1. The molecule has 0 aliphatic carbocycles. The fourth-order valence-electron chi connectivity index (χ4n) is 3.95. The maximum atomic E-state index is 12.7. The number of benzene rings is 2. The van der Waals surface area contributed by atoms with Crippen LogP contribution in [0.2, 0.25) is 0 Å². The number of hydrogen-bond donors (Lipinski definition) is 2. The zero-order valence-corrected chi connectivity index (χ0v) is 17.3. The number of nitrogens with one attached hydrogen (secondary N) is 2. The highest BCUT2D eigenvalue weighted by Crippen LogP contribution is 2.31. The summed E-state index contributed by atoms with van der Waals surface area (Å²) in [6.45, 7) is 2.55. The zero-order chi connectivity index (χ0) is 20.9. The Morgan fingerprint density at radius 1 is 1.07 bits per heavy atom. The van der Waals surface area contributed by atoms with E-state index in [9.17, 15) is 4.79 Å². The van der Waals surface area contributed by atoms with Crippen molar-refractivity contribution in [3.8, 4) is 0 Å². The molecule has 2 aromatic carbocycles. The number of rotatable bonds is 6. The lowest BCUT2D eigenvalue weighted by Gasteiger charge is -2.18. The average Bonchev–Trinajstić information content (AvgIpc) is 3.12. The molecule has 0 spiro atoms. The molecular formula is C25H26N4O. The van der Waals surface area contributed by atoms with Crippen LogP contribution in [0.5, 0.6) is 0 Å². The Hall–Kier alpha value is -3.60. The van der Waals surface area contributed by atoms with Gasteiger partial charge in [-0.15, -0.1) is 0 Å². The van der Waals surface area contributed by atoms with Gasteiger partial charge in [-0.1, -0.05) is 49.4 Å². The van der Waals surface area contributed by atoms with Crippen molar-refractivity contribution in [2.45, 2.75) is 19.3 Å². The first-order valence-electron chi connectivity index (χ1n) is 10.2. The second kappa shape index (κ2) is 8.82. The number of amides is 2. The lowest BCUT2D eigenvalue weighted by atomic mass is 9.92. The smallest absolute Gasteiger partial charge is 0.319 e. The fraction of sp³-hybridized carbons (Fsp3) is 0.200. The maximum absolute atomic E-state index is 12.7. The molecule has 0 saturated carbocycles. The third-order valence-electron chi connectivity index (χ3n) is 5.50. The summed E-state index contributed by atoms with van der Waals surface area (Å²) < 4.78 is 2.13. The highest BCUT2D eigenvalue weighted by molar-refractivity contribution is 5.90. The van der Waals surface area contributed by atoms with E-state index in [0.717, 1.165) is 23.2 Å². The van der Waals surface area contributed by atoms with Gasteiger partial charge in [-0.25, -0.2) is 4.79 Å². The van der Waals surface area contributed by atoms with Crippen LogP contribution in [0, 0.1) is 0 Å². The number of aromatic nitrogens is 2. The van der Waals surface area contributed by atoms with Crippen LogP contribution < -0.4 is 10.6 Å². The van der Waals surface area contributed by atoms with Gasteiger partial charge in [0.25, 0.3) is 0 Å². The number of nitrogens with zero attached hydrogens (tertiary/aromatic N) is 2. The van der Waals surface area contributed by atoms with Gasteiger partial charge in [0, 0.05) is 54.7 Å². The van der Waals surface area contributed by atoms with Gasteiger partial charge in [0.15, 0.2) is 0 Å². The van der Waals surface area contributed by atoms with E-state index in [4.69, 9.17) is 0 Å². The molecule has 0 bridgehead atoms. The predicted octanol–water partition coefficient (Wildman–Crippen LogP) is 5.09. The molecule has 4 rings (SSSR count). The van der Waals surface area contributed by atoms with Crippen LogP contribution in [0.3, 0.4) is 0 Å². The molecule has 2 heterocycles. The Labute approximate surface area is 176 Å². The molecule has 2 N–H and O–H groups in total. The molecule has 152 valence electrons. The van der Waals surface area contributed by atoms with E-state index in [1.165, 1.54) is 16.5 Å². The van der Waals surface area contributed by atoms with Crippen molar-refractivity contribution in [2.24, 2.45) is 7.05 Å². The lowest BCUT2D eigenvalue weighted by Crippen LogP contribution is -2.33. The van der Waals surface area contributed by atoms with Gasteiger partial charge < -0.3 is 15.2 Å². The number of para-hydroxylation sites is 2. The third-order valence-corrected chi connectivity index (χ3v) is 5.50. The molecule has 2 amide bonds. The Bertz CT molecular complexity index is 1150. The summed E-state index contributed by atoms with van der Waals surface area (Å²) in [5.41, 5.74) is 5.38. The van der Waals surface area contributed by atoms with Crippen molar-refractivity contribution in [1.29, 1.82) is 0 Å². The summed E-state index contributed by atoms with van der Waals surface area (Å²) in [7, 11) is 2.05. The highest BCUT2D eigenvalue weighted by Gasteiger charge is 2.20. The molecular weight excluding hydrogens is 372 g/mol. The summed E-state index contributed by atoms with van der Waals surface area (Å²) in [6.07, 6.45) is 6.66. The van der Waals surface area contributed by atoms with Gasteiger partial charge in [0.1, 0.15) is 0 Å². The van der Waals surface area contributed by atoms with Gasteiger partial charge in [-0.05, 0) is 41.3 Å². The molecule has 5 heteroatoms. The number of urea groups is 1. The van der Waals surface area contributed by atoms with E-state index >= 15 is 0 Å². The number of pyridine rings is 1. The summed E-state index contributed by atoms with van der Waals surface area (Å²) in [4.78, 5) is 17.0. The van der Waals surface area contributed by atoms with Crippen molar-refractivity contribution in [3.05, 3.63) is 95.9 Å². The number of hydrogen-bond acceptors (Lipinski definition) is 2. The zero-order valence-electron chi connectivity index (χ0n) is 17.3. The molecule has 0 radical (unpaired) electrons. The number of aryl methyl sites for hydroxylation is 2. The van der Waals surface area contributed by atoms with Gasteiger partial charge in [0.2, 0.25) is 0 Å². The molecule has 0 fully saturated rings. The van der Waals surface area contributed by atoms with Gasteiger partial charge in [-0.3, -0.25) is 4.98 Å². The average molecular weight is 399 g/mol. The molecule has 1 atom stereocenters. The van der Waals surface area contributed by atoms with Crippen LogP contribution >= 0.6 is 0 Å². The maximum Gasteiger partial charge on any atom is 0.319 e. The van der Waals surface area contributed by atoms with Gasteiger partial charge in [-0.2, -0.15) is 0 Å². The second-order valence-electron chi connectivity index (χ2n) is 7.40. The van der Waals surface area contributed by atoms with Crippen LogP contribution in [0.4, 0.5) is 10.5 Å². The Morgan fingerprint density at radius 3 is 2.67 bits per heavy atom. The van der Waals surface area contributed by atoms with E-state index < -0.39 is 0 Å². The standard InChI is InChI=1S/C25H26N4O/c1-3-18-9-4-6-12-23(18)28-25(30)27-16-21(19-10-8-14-26-15-19)22-17-29(2)24-13-7-5-11-20(22)24/h4-15,17,21H,3,16H2,1-2H3,(H2,27,28,30)/t21-/m1/s1. The van der Waals surface area contributed by atoms with E-state index in [1.807, 2.05) is 55.7 Å². The number of carbonyl (C=O) groups excluding carboxylic acids is 1. The topological polar surface area (TPSA) is 59.0 Å². The molecule has 0 unspecified atom stereocenters. The van der Waals surface area contributed by atoms with E-state index in [1.54, 1.807) is 6.20 Å². The van der Waals surface area contributed by atoms with Crippen LogP contribution in [0.1, 0.15) is 29.5 Å². The minimum atomic E-state index is -0.204. The summed E-state index contributed by atoms with van der Waals surface area (Å²) in [6, 6.07) is 20.0. The minimum absolute atomic E-state index is 0.00281. The highest BCUT2D eigenvalue weighted by atomic mass is 16.2. The SMILES string of the molecule is CCc1ccccc1NC(=O)NC[C@H](c1cccnc1)c1cn(C)c2ccccc12. The van der Waals surface area contributed by atoms with Gasteiger partial charge in [0.05, 0.1) is 0 Å². The minimum Gasteiger partial charge on any atom is -0.350 e. The lowest BCUT2D eigenvalue weighted by molar-refractivity contribution is 0.252. The Morgan fingerprint density at radius 2 is 1.87 bits per heavy atom. The molecule has 5 nitrogen and oxygen atoms in total. The first kappa shape index (κ1) is 19.7. The molecule has 30 heavy (non-hydrogen) atoms. The van der Waals surface area contributed by atoms with Crippen molar-refractivity contribution >= 4 is 22.6 Å². The molecule has 0 aliphatic rings. The summed E-state index contributed by atoms with van der Waals surface area (Å²) in [5, 5.41) is 7.25. The first-order chi connectivity index (χ1) is 14.7. The van der Waals surface area contributed by atoms with Crippen molar-refractivity contribution in [2.75, 3.05) is 11.9 Å². The largest absolute Gasteiger partial charge is 0.350 e. The van der Waals surface area contributed by atoms with Crippen molar-refractivity contribution in [3.63, 3.8) is 0 Å². The predicted molar refractivity (Wildman–Crippen MR) is 122 cm³/mol. The van der Waals surface area contributed by atoms with Crippen LogP contribution in [0.25, 0.3) is 10.9 Å². The summed E-state index contributed by atoms with van der Waals surface area (Å²) in [5.74, 6) is -0.00281. The normalized spacial score (nSPS) is 11.9. The quantitative estimate of drug-likeness (QED) is 0.475. The number of carbonyl (C=O) groups is 1.